The van der Waals surface area contributed by atoms with Crippen molar-refractivity contribution in [3.8, 4) is 5.75 Å². The fourth-order valence-electron chi connectivity index (χ4n) is 3.60. The molecule has 4 rings (SSSR count). The van der Waals surface area contributed by atoms with Gasteiger partial charge in [0.1, 0.15) is 5.75 Å². The van der Waals surface area contributed by atoms with Crippen LogP contribution >= 0.6 is 24.0 Å². The average molecular weight is 561 g/mol. The highest BCUT2D eigenvalue weighted by atomic mass is 127. The van der Waals surface area contributed by atoms with Crippen LogP contribution in [-0.4, -0.2) is 49.6 Å². The molecule has 0 saturated heterocycles. The van der Waals surface area contributed by atoms with Gasteiger partial charge in [-0.1, -0.05) is 30.3 Å². The van der Waals surface area contributed by atoms with Crippen LogP contribution in [0.15, 0.2) is 59.7 Å². The molecule has 1 aromatic heterocycles. The molecule has 8 heteroatoms. The number of amides is 1. The van der Waals surface area contributed by atoms with Gasteiger partial charge in [0.05, 0.1) is 0 Å². The van der Waals surface area contributed by atoms with Gasteiger partial charge in [-0.15, -0.1) is 24.0 Å². The molecule has 176 valence electrons. The number of nitrogens with zero attached hydrogens (tertiary/aromatic N) is 1. The fourth-order valence-corrected chi connectivity index (χ4v) is 3.60. The monoisotopic (exact) mass is 561 g/mol. The highest BCUT2D eigenvalue weighted by Crippen LogP contribution is 2.19. The van der Waals surface area contributed by atoms with Crippen molar-refractivity contribution in [3.05, 3.63) is 65.9 Å². The van der Waals surface area contributed by atoms with Gasteiger partial charge in [-0.3, -0.25) is 9.79 Å². The summed E-state index contributed by atoms with van der Waals surface area (Å²) in [7, 11) is 1.78. The van der Waals surface area contributed by atoms with Crippen LogP contribution in [0.25, 0.3) is 10.9 Å². The number of fused-ring (bicyclic) bond motifs is 1. The number of guanidine groups is 1. The van der Waals surface area contributed by atoms with Gasteiger partial charge in [0.25, 0.3) is 5.91 Å². The molecular weight excluding hydrogens is 529 g/mol. The van der Waals surface area contributed by atoms with Crippen molar-refractivity contribution in [2.24, 2.45) is 4.99 Å². The van der Waals surface area contributed by atoms with Crippen LogP contribution in [0.5, 0.6) is 5.75 Å². The minimum absolute atomic E-state index is 0. The molecule has 0 unspecified atom stereocenters. The molecule has 1 fully saturated rings. The topological polar surface area (TPSA) is 90.5 Å². The number of carbonyl (C=O) groups excluding carboxylic acids is 1. The summed E-state index contributed by atoms with van der Waals surface area (Å²) in [6.07, 6.45) is 6.03. The number of ether oxygens (including phenoxy) is 1. The normalized spacial score (nSPS) is 13.3. The average Bonchev–Trinajstić information content (AvgIpc) is 3.54. The Morgan fingerprint density at radius 3 is 2.52 bits per heavy atom. The predicted octanol–water partition coefficient (Wildman–Crippen LogP) is 3.39. The number of halogens is 1. The van der Waals surface area contributed by atoms with Crippen molar-refractivity contribution in [1.82, 2.24) is 20.9 Å². The van der Waals surface area contributed by atoms with Crippen molar-refractivity contribution < 1.29 is 9.53 Å². The fraction of sp³-hybridized carbons (Fsp3) is 0.360. The maximum absolute atomic E-state index is 11.7. The number of hydrogen-bond acceptors (Lipinski definition) is 3. The van der Waals surface area contributed by atoms with Crippen molar-refractivity contribution in [3.63, 3.8) is 0 Å². The lowest BCUT2D eigenvalue weighted by atomic mass is 10.1. The Hall–Kier alpha value is -2.75. The first kappa shape index (κ1) is 24.9. The number of para-hydroxylation sites is 1. The molecular formula is C25H32IN5O2. The zero-order valence-corrected chi connectivity index (χ0v) is 21.2. The zero-order valence-electron chi connectivity index (χ0n) is 18.9. The third-order valence-corrected chi connectivity index (χ3v) is 5.53. The smallest absolute Gasteiger partial charge is 0.258 e. The Morgan fingerprint density at radius 2 is 1.79 bits per heavy atom. The summed E-state index contributed by atoms with van der Waals surface area (Å²) in [5.41, 5.74) is 3.67. The van der Waals surface area contributed by atoms with Crippen molar-refractivity contribution in [2.45, 2.75) is 31.7 Å². The van der Waals surface area contributed by atoms with Crippen LogP contribution in [-0.2, 0) is 17.6 Å². The van der Waals surface area contributed by atoms with E-state index in [1.54, 1.807) is 7.05 Å². The predicted molar refractivity (Wildman–Crippen MR) is 144 cm³/mol. The van der Waals surface area contributed by atoms with Gasteiger partial charge in [-0.05, 0) is 55.0 Å². The Labute approximate surface area is 211 Å². The number of aromatic nitrogens is 1. The first-order valence-corrected chi connectivity index (χ1v) is 11.2. The summed E-state index contributed by atoms with van der Waals surface area (Å²) in [4.78, 5) is 19.3. The molecule has 1 aliphatic rings. The quantitative estimate of drug-likeness (QED) is 0.174. The number of aromatic amines is 1. The second kappa shape index (κ2) is 12.5. The van der Waals surface area contributed by atoms with Gasteiger partial charge in [-0.2, -0.15) is 0 Å². The van der Waals surface area contributed by atoms with Crippen molar-refractivity contribution in [2.75, 3.05) is 26.7 Å². The van der Waals surface area contributed by atoms with E-state index in [1.165, 1.54) is 22.0 Å². The lowest BCUT2D eigenvalue weighted by molar-refractivity contribution is -0.123. The van der Waals surface area contributed by atoms with Crippen LogP contribution in [0.3, 0.4) is 0 Å². The molecule has 7 nitrogen and oxygen atoms in total. The van der Waals surface area contributed by atoms with E-state index in [4.69, 9.17) is 4.74 Å². The molecule has 0 bridgehead atoms. The Kier molecular flexibility index (Phi) is 9.41. The summed E-state index contributed by atoms with van der Waals surface area (Å²) in [5.74, 6) is 1.46. The molecule has 0 spiro atoms. The third-order valence-electron chi connectivity index (χ3n) is 5.53. The number of nitrogens with one attached hydrogen (secondary N) is 4. The summed E-state index contributed by atoms with van der Waals surface area (Å²) >= 11 is 0. The Morgan fingerprint density at radius 1 is 1.06 bits per heavy atom. The molecule has 3 aromatic rings. The first-order chi connectivity index (χ1) is 15.7. The highest BCUT2D eigenvalue weighted by molar-refractivity contribution is 14.0. The molecule has 1 heterocycles. The highest BCUT2D eigenvalue weighted by Gasteiger charge is 2.23. The molecule has 33 heavy (non-hydrogen) atoms. The van der Waals surface area contributed by atoms with Gasteiger partial charge in [0, 0.05) is 43.3 Å². The summed E-state index contributed by atoms with van der Waals surface area (Å²) < 4.78 is 5.55. The maximum atomic E-state index is 11.7. The van der Waals surface area contributed by atoms with Gasteiger partial charge in [-0.25, -0.2) is 0 Å². The number of aliphatic imine (C=N–C) groups is 1. The molecule has 1 aliphatic carbocycles. The SMILES string of the molecule is CN=C(NCCc1ccc(OCC(=O)NC2CC2)cc1)NCCc1c[nH]c2ccccc12.I. The molecule has 2 aromatic carbocycles. The van der Waals surface area contributed by atoms with E-state index in [9.17, 15) is 4.79 Å². The third kappa shape index (κ3) is 7.66. The van der Waals surface area contributed by atoms with Crippen LogP contribution in [0, 0.1) is 0 Å². The number of rotatable bonds is 10. The van der Waals surface area contributed by atoms with Gasteiger partial charge < -0.3 is 25.7 Å². The van der Waals surface area contributed by atoms with Gasteiger partial charge in [0.15, 0.2) is 12.6 Å². The standard InChI is InChI=1S/C25H31N5O2.HI/c1-26-25(28-15-13-19-16-29-23-5-3-2-4-22(19)23)27-14-12-18-6-10-21(11-7-18)32-17-24(31)30-20-8-9-20;/h2-7,10-11,16,20,29H,8-9,12-15,17H2,1H3,(H,30,31)(H2,26,27,28);1H. The molecule has 1 saturated carbocycles. The second-order valence-corrected chi connectivity index (χ2v) is 8.06. The number of carbonyl (C=O) groups is 1. The van der Waals surface area contributed by atoms with E-state index in [0.717, 1.165) is 44.7 Å². The van der Waals surface area contributed by atoms with E-state index < -0.39 is 0 Å². The van der Waals surface area contributed by atoms with E-state index in [2.05, 4.69) is 50.3 Å². The first-order valence-electron chi connectivity index (χ1n) is 11.2. The van der Waals surface area contributed by atoms with E-state index in [1.807, 2.05) is 30.3 Å². The van der Waals surface area contributed by atoms with Crippen LogP contribution in [0.1, 0.15) is 24.0 Å². The van der Waals surface area contributed by atoms with Crippen LogP contribution < -0.4 is 20.7 Å². The minimum atomic E-state index is -0.0515. The zero-order chi connectivity index (χ0) is 22.2. The van der Waals surface area contributed by atoms with Crippen LogP contribution in [0.2, 0.25) is 0 Å². The number of H-pyrrole nitrogens is 1. The molecule has 0 atom stereocenters. The van der Waals surface area contributed by atoms with Gasteiger partial charge in [0.2, 0.25) is 0 Å². The summed E-state index contributed by atoms with van der Waals surface area (Å²) in [6, 6.07) is 16.6. The Bertz CT molecular complexity index is 1060. The summed E-state index contributed by atoms with van der Waals surface area (Å²) in [5, 5.41) is 10.9. The lowest BCUT2D eigenvalue weighted by Gasteiger charge is -2.12. The van der Waals surface area contributed by atoms with E-state index in [-0.39, 0.29) is 36.5 Å². The van der Waals surface area contributed by atoms with E-state index >= 15 is 0 Å². The maximum Gasteiger partial charge on any atom is 0.258 e. The molecule has 4 N–H and O–H groups in total. The van der Waals surface area contributed by atoms with E-state index in [0.29, 0.717) is 11.8 Å². The van der Waals surface area contributed by atoms with Crippen LogP contribution in [0.4, 0.5) is 0 Å². The number of hydrogen-bond donors (Lipinski definition) is 4. The lowest BCUT2D eigenvalue weighted by Crippen LogP contribution is -2.39. The number of benzene rings is 2. The Balaban J connectivity index is 0.00000306. The molecule has 0 radical (unpaired) electrons. The minimum Gasteiger partial charge on any atom is -0.484 e. The molecule has 0 aliphatic heterocycles. The van der Waals surface area contributed by atoms with Crippen molar-refractivity contribution in [1.29, 1.82) is 0 Å². The summed E-state index contributed by atoms with van der Waals surface area (Å²) in [6.45, 7) is 1.65. The molecule has 1 amide bonds. The van der Waals surface area contributed by atoms with Crippen molar-refractivity contribution >= 4 is 46.7 Å². The second-order valence-electron chi connectivity index (χ2n) is 8.06. The van der Waals surface area contributed by atoms with Gasteiger partial charge >= 0.3 is 0 Å². The largest absolute Gasteiger partial charge is 0.484 e.